The van der Waals surface area contributed by atoms with Crippen molar-refractivity contribution in [3.05, 3.63) is 46.1 Å². The SMILES string of the molecule is Nc1nc(S)ncc1Cc1ccc(Br)cc1. The highest BCUT2D eigenvalue weighted by Gasteiger charge is 2.03. The quantitative estimate of drug-likeness (QED) is 0.662. The van der Waals surface area contributed by atoms with Gasteiger partial charge in [0, 0.05) is 22.7 Å². The maximum Gasteiger partial charge on any atom is 0.186 e. The van der Waals surface area contributed by atoms with E-state index < -0.39 is 0 Å². The number of anilines is 1. The fraction of sp³-hybridized carbons (Fsp3) is 0.0909. The minimum Gasteiger partial charge on any atom is -0.383 e. The van der Waals surface area contributed by atoms with Crippen LogP contribution >= 0.6 is 28.6 Å². The van der Waals surface area contributed by atoms with Crippen molar-refractivity contribution in [3.63, 3.8) is 0 Å². The zero-order chi connectivity index (χ0) is 11.5. The molecule has 0 aliphatic heterocycles. The highest BCUT2D eigenvalue weighted by molar-refractivity contribution is 9.10. The van der Waals surface area contributed by atoms with Crippen molar-refractivity contribution in [1.29, 1.82) is 0 Å². The predicted molar refractivity (Wildman–Crippen MR) is 70.6 cm³/mol. The molecule has 1 heterocycles. The molecule has 2 aromatic rings. The molecule has 1 aromatic carbocycles. The van der Waals surface area contributed by atoms with Gasteiger partial charge in [-0.3, -0.25) is 0 Å². The van der Waals surface area contributed by atoms with Crippen LogP contribution < -0.4 is 5.73 Å². The molecule has 0 aliphatic rings. The Kier molecular flexibility index (Phi) is 3.46. The maximum atomic E-state index is 5.79. The highest BCUT2D eigenvalue weighted by Crippen LogP contribution is 2.17. The fourth-order valence-electron chi connectivity index (χ4n) is 1.37. The van der Waals surface area contributed by atoms with E-state index in [1.54, 1.807) is 6.20 Å². The summed E-state index contributed by atoms with van der Waals surface area (Å²) in [6.45, 7) is 0. The number of nitrogens with two attached hydrogens (primary N) is 1. The van der Waals surface area contributed by atoms with Gasteiger partial charge in [0.05, 0.1) is 0 Å². The maximum absolute atomic E-state index is 5.79. The van der Waals surface area contributed by atoms with Gasteiger partial charge in [0.15, 0.2) is 5.16 Å². The summed E-state index contributed by atoms with van der Waals surface area (Å²) in [5, 5.41) is 0.400. The van der Waals surface area contributed by atoms with E-state index in [2.05, 4.69) is 38.5 Å². The number of aromatic nitrogens is 2. The summed E-state index contributed by atoms with van der Waals surface area (Å²) in [6, 6.07) is 8.08. The zero-order valence-corrected chi connectivity index (χ0v) is 10.9. The summed E-state index contributed by atoms with van der Waals surface area (Å²) in [7, 11) is 0. The van der Waals surface area contributed by atoms with Crippen LogP contribution in [0.3, 0.4) is 0 Å². The Morgan fingerprint density at radius 2 is 1.94 bits per heavy atom. The molecule has 82 valence electrons. The van der Waals surface area contributed by atoms with Gasteiger partial charge in [-0.25, -0.2) is 9.97 Å². The fourth-order valence-corrected chi connectivity index (χ4v) is 1.80. The first kappa shape index (κ1) is 11.4. The molecule has 0 aliphatic carbocycles. The lowest BCUT2D eigenvalue weighted by molar-refractivity contribution is 0.950. The van der Waals surface area contributed by atoms with E-state index in [0.717, 1.165) is 16.5 Å². The average molecular weight is 296 g/mol. The Hall–Kier alpha value is -1.07. The molecule has 2 N–H and O–H groups in total. The molecule has 0 radical (unpaired) electrons. The van der Waals surface area contributed by atoms with Crippen LogP contribution in [-0.4, -0.2) is 9.97 Å². The minimum absolute atomic E-state index is 0.400. The second-order valence-corrected chi connectivity index (χ2v) is 4.70. The molecule has 1 aromatic heterocycles. The topological polar surface area (TPSA) is 51.8 Å². The summed E-state index contributed by atoms with van der Waals surface area (Å²) < 4.78 is 1.06. The Morgan fingerprint density at radius 1 is 1.25 bits per heavy atom. The molecule has 0 atom stereocenters. The van der Waals surface area contributed by atoms with Crippen molar-refractivity contribution < 1.29 is 0 Å². The minimum atomic E-state index is 0.400. The van der Waals surface area contributed by atoms with Crippen molar-refractivity contribution in [2.24, 2.45) is 0 Å². The van der Waals surface area contributed by atoms with Gasteiger partial charge < -0.3 is 5.73 Å². The zero-order valence-electron chi connectivity index (χ0n) is 8.39. The molecule has 0 bridgehead atoms. The second-order valence-electron chi connectivity index (χ2n) is 3.38. The molecule has 0 saturated heterocycles. The monoisotopic (exact) mass is 295 g/mol. The van der Waals surface area contributed by atoms with Crippen LogP contribution in [0, 0.1) is 0 Å². The Morgan fingerprint density at radius 3 is 2.56 bits per heavy atom. The summed E-state index contributed by atoms with van der Waals surface area (Å²) in [5.41, 5.74) is 7.88. The molecule has 0 amide bonds. The molecule has 16 heavy (non-hydrogen) atoms. The van der Waals surface area contributed by atoms with Gasteiger partial charge >= 0.3 is 0 Å². The molecule has 0 saturated carbocycles. The largest absolute Gasteiger partial charge is 0.383 e. The summed E-state index contributed by atoms with van der Waals surface area (Å²) in [5.74, 6) is 0.489. The van der Waals surface area contributed by atoms with Crippen LogP contribution in [0.2, 0.25) is 0 Å². The predicted octanol–water partition coefficient (Wildman–Crippen LogP) is 2.70. The van der Waals surface area contributed by atoms with E-state index in [9.17, 15) is 0 Å². The van der Waals surface area contributed by atoms with E-state index in [0.29, 0.717) is 11.0 Å². The number of thiol groups is 1. The standard InChI is InChI=1S/C11H10BrN3S/c12-9-3-1-7(2-4-9)5-8-6-14-11(16)15-10(8)13/h1-4,6H,5H2,(H3,13,14,15,16). The molecule has 0 unspecified atom stereocenters. The lowest BCUT2D eigenvalue weighted by atomic mass is 10.1. The second kappa shape index (κ2) is 4.84. The first-order valence-electron chi connectivity index (χ1n) is 4.70. The third-order valence-electron chi connectivity index (χ3n) is 2.19. The van der Waals surface area contributed by atoms with Gasteiger partial charge in [0.25, 0.3) is 0 Å². The van der Waals surface area contributed by atoms with Gasteiger partial charge in [-0.1, -0.05) is 28.1 Å². The number of benzene rings is 1. The van der Waals surface area contributed by atoms with Crippen LogP contribution in [0.5, 0.6) is 0 Å². The van der Waals surface area contributed by atoms with Crippen molar-refractivity contribution in [2.45, 2.75) is 11.6 Å². The number of rotatable bonds is 2. The Labute approximate surface area is 108 Å². The first-order chi connectivity index (χ1) is 7.65. The highest BCUT2D eigenvalue weighted by atomic mass is 79.9. The summed E-state index contributed by atoms with van der Waals surface area (Å²) in [4.78, 5) is 8.03. The van der Waals surface area contributed by atoms with Gasteiger partial charge in [-0.2, -0.15) is 0 Å². The summed E-state index contributed by atoms with van der Waals surface area (Å²) in [6.07, 6.45) is 2.44. The summed E-state index contributed by atoms with van der Waals surface area (Å²) >= 11 is 7.43. The van der Waals surface area contributed by atoms with Crippen LogP contribution in [0.25, 0.3) is 0 Å². The first-order valence-corrected chi connectivity index (χ1v) is 5.94. The number of hydrogen-bond acceptors (Lipinski definition) is 4. The number of halogens is 1. The lowest BCUT2D eigenvalue weighted by Crippen LogP contribution is -2.00. The third-order valence-corrected chi connectivity index (χ3v) is 2.94. The number of nitrogen functional groups attached to an aromatic ring is 1. The number of nitrogens with zero attached hydrogens (tertiary/aromatic N) is 2. The molecule has 0 spiro atoms. The van der Waals surface area contributed by atoms with Gasteiger partial charge in [0.2, 0.25) is 0 Å². The van der Waals surface area contributed by atoms with E-state index in [4.69, 9.17) is 5.73 Å². The van der Waals surface area contributed by atoms with E-state index in [1.165, 1.54) is 5.56 Å². The normalized spacial score (nSPS) is 10.4. The van der Waals surface area contributed by atoms with Crippen molar-refractivity contribution in [1.82, 2.24) is 9.97 Å². The molecule has 5 heteroatoms. The van der Waals surface area contributed by atoms with Crippen LogP contribution in [0.1, 0.15) is 11.1 Å². The lowest BCUT2D eigenvalue weighted by Gasteiger charge is -2.05. The van der Waals surface area contributed by atoms with Crippen LogP contribution in [0.4, 0.5) is 5.82 Å². The van der Waals surface area contributed by atoms with E-state index in [-0.39, 0.29) is 0 Å². The van der Waals surface area contributed by atoms with E-state index >= 15 is 0 Å². The smallest absolute Gasteiger partial charge is 0.186 e. The van der Waals surface area contributed by atoms with Gasteiger partial charge in [0.1, 0.15) is 5.82 Å². The van der Waals surface area contributed by atoms with Crippen molar-refractivity contribution >= 4 is 34.4 Å². The molecular formula is C11H10BrN3S. The third kappa shape index (κ3) is 2.74. The Bertz CT molecular complexity index is 499. The molecule has 0 fully saturated rings. The average Bonchev–Trinajstić information content (AvgIpc) is 2.25. The number of hydrogen-bond donors (Lipinski definition) is 2. The van der Waals surface area contributed by atoms with Gasteiger partial charge in [-0.05, 0) is 17.7 Å². The molecule has 2 rings (SSSR count). The van der Waals surface area contributed by atoms with Crippen LogP contribution in [0.15, 0.2) is 40.1 Å². The van der Waals surface area contributed by atoms with Crippen molar-refractivity contribution in [2.75, 3.05) is 5.73 Å². The molecule has 3 nitrogen and oxygen atoms in total. The van der Waals surface area contributed by atoms with Crippen LogP contribution in [-0.2, 0) is 6.42 Å². The molecular weight excluding hydrogens is 286 g/mol. The van der Waals surface area contributed by atoms with E-state index in [1.807, 2.05) is 24.3 Å². The Balaban J connectivity index is 2.23. The van der Waals surface area contributed by atoms with Crippen molar-refractivity contribution in [3.8, 4) is 0 Å². The van der Waals surface area contributed by atoms with Gasteiger partial charge in [-0.15, -0.1) is 12.6 Å².